The van der Waals surface area contributed by atoms with Crippen LogP contribution >= 0.6 is 11.6 Å². The van der Waals surface area contributed by atoms with Gasteiger partial charge < -0.3 is 20.1 Å². The lowest BCUT2D eigenvalue weighted by atomic mass is 10.0. The molecule has 154 valence electrons. The number of nitriles is 1. The molecule has 2 aromatic rings. The largest absolute Gasteiger partial charge is 0.482 e. The maximum atomic E-state index is 12.2. The average molecular weight is 428 g/mol. The number of carbonyl (C=O) groups excluding carboxylic acids is 3. The Balaban J connectivity index is 1.49. The van der Waals surface area contributed by atoms with E-state index >= 15 is 0 Å². The van der Waals surface area contributed by atoms with Crippen molar-refractivity contribution in [3.05, 3.63) is 52.5 Å². The van der Waals surface area contributed by atoms with Gasteiger partial charge in [0.2, 0.25) is 5.91 Å². The maximum Gasteiger partial charge on any atom is 0.344 e. The van der Waals surface area contributed by atoms with Crippen molar-refractivity contribution in [3.63, 3.8) is 0 Å². The second-order valence-electron chi connectivity index (χ2n) is 6.58. The Labute approximate surface area is 177 Å². The molecular formula is C21H18ClN3O5. The van der Waals surface area contributed by atoms with E-state index in [1.807, 2.05) is 6.07 Å². The number of hydrogen-bond donors (Lipinski definition) is 2. The molecule has 2 amide bonds. The molecule has 0 aromatic heterocycles. The van der Waals surface area contributed by atoms with Gasteiger partial charge in [-0.2, -0.15) is 5.26 Å². The summed E-state index contributed by atoms with van der Waals surface area (Å²) >= 11 is 5.93. The fraction of sp³-hybridized carbons (Fsp3) is 0.238. The standard InChI is InChI=1S/C21H18ClN3O5/c1-12(21(28)24-15-4-2-14(10-23)17(22)9-15)30-20(27)11-29-16-5-6-18-13(8-16)3-7-19(26)25-18/h2,4-6,8-9,12H,3,7,11H2,1H3,(H,24,28)(H,25,26). The normalized spacial score (nSPS) is 13.3. The highest BCUT2D eigenvalue weighted by Crippen LogP contribution is 2.26. The Bertz CT molecular complexity index is 1050. The fourth-order valence-corrected chi connectivity index (χ4v) is 3.03. The monoisotopic (exact) mass is 427 g/mol. The van der Waals surface area contributed by atoms with Gasteiger partial charge in [-0.3, -0.25) is 9.59 Å². The molecule has 2 N–H and O–H groups in total. The van der Waals surface area contributed by atoms with E-state index in [1.54, 1.807) is 18.2 Å². The number of nitrogens with one attached hydrogen (secondary N) is 2. The van der Waals surface area contributed by atoms with E-state index < -0.39 is 18.0 Å². The number of benzene rings is 2. The minimum absolute atomic E-state index is 0.0321. The molecule has 30 heavy (non-hydrogen) atoms. The summed E-state index contributed by atoms with van der Waals surface area (Å²) in [5, 5.41) is 14.4. The molecule has 0 spiro atoms. The van der Waals surface area contributed by atoms with Crippen LogP contribution in [0.1, 0.15) is 24.5 Å². The van der Waals surface area contributed by atoms with Crippen LogP contribution in [0.2, 0.25) is 5.02 Å². The van der Waals surface area contributed by atoms with Gasteiger partial charge in [0.15, 0.2) is 12.7 Å². The molecule has 1 unspecified atom stereocenters. The minimum Gasteiger partial charge on any atom is -0.482 e. The molecule has 9 heteroatoms. The van der Waals surface area contributed by atoms with E-state index in [2.05, 4.69) is 10.6 Å². The van der Waals surface area contributed by atoms with Crippen molar-refractivity contribution in [3.8, 4) is 11.8 Å². The molecule has 1 aliphatic heterocycles. The van der Waals surface area contributed by atoms with E-state index in [1.165, 1.54) is 25.1 Å². The van der Waals surface area contributed by atoms with Crippen molar-refractivity contribution in [1.29, 1.82) is 5.26 Å². The van der Waals surface area contributed by atoms with Gasteiger partial charge in [0, 0.05) is 17.8 Å². The third-order valence-electron chi connectivity index (χ3n) is 4.36. The van der Waals surface area contributed by atoms with Gasteiger partial charge >= 0.3 is 5.97 Å². The third kappa shape index (κ3) is 5.27. The van der Waals surface area contributed by atoms with Gasteiger partial charge in [0.1, 0.15) is 11.8 Å². The molecule has 0 radical (unpaired) electrons. The predicted molar refractivity (Wildman–Crippen MR) is 109 cm³/mol. The highest BCUT2D eigenvalue weighted by atomic mass is 35.5. The van der Waals surface area contributed by atoms with E-state index in [0.717, 1.165) is 11.3 Å². The van der Waals surface area contributed by atoms with E-state index in [-0.39, 0.29) is 23.1 Å². The van der Waals surface area contributed by atoms with Crippen molar-refractivity contribution in [2.45, 2.75) is 25.9 Å². The van der Waals surface area contributed by atoms with Crippen LogP contribution in [0.4, 0.5) is 11.4 Å². The van der Waals surface area contributed by atoms with Crippen molar-refractivity contribution < 1.29 is 23.9 Å². The Kier molecular flexibility index (Phi) is 6.54. The average Bonchev–Trinajstić information content (AvgIpc) is 2.72. The molecule has 8 nitrogen and oxygen atoms in total. The second kappa shape index (κ2) is 9.29. The number of aryl methyl sites for hydroxylation is 1. The molecule has 3 rings (SSSR count). The lowest BCUT2D eigenvalue weighted by Crippen LogP contribution is -2.31. The molecule has 0 saturated carbocycles. The van der Waals surface area contributed by atoms with Crippen LogP contribution in [0.15, 0.2) is 36.4 Å². The number of rotatable bonds is 6. The summed E-state index contributed by atoms with van der Waals surface area (Å²) in [4.78, 5) is 35.6. The zero-order valence-corrected chi connectivity index (χ0v) is 16.8. The number of carbonyl (C=O) groups is 3. The van der Waals surface area contributed by atoms with Gasteiger partial charge in [-0.15, -0.1) is 0 Å². The summed E-state index contributed by atoms with van der Waals surface area (Å²) in [6.45, 7) is 1.06. The number of anilines is 2. The first-order valence-electron chi connectivity index (χ1n) is 9.11. The summed E-state index contributed by atoms with van der Waals surface area (Å²) in [5.41, 5.74) is 2.32. The molecule has 1 atom stereocenters. The number of amides is 2. The highest BCUT2D eigenvalue weighted by Gasteiger charge is 2.19. The number of nitrogens with zero attached hydrogens (tertiary/aromatic N) is 1. The smallest absolute Gasteiger partial charge is 0.344 e. The van der Waals surface area contributed by atoms with Gasteiger partial charge in [-0.25, -0.2) is 4.79 Å². The Morgan fingerprint density at radius 2 is 2.07 bits per heavy atom. The Morgan fingerprint density at radius 1 is 1.27 bits per heavy atom. The topological polar surface area (TPSA) is 118 Å². The first kappa shape index (κ1) is 21.1. The number of hydrogen-bond acceptors (Lipinski definition) is 6. The molecule has 1 heterocycles. The first-order chi connectivity index (χ1) is 14.4. The summed E-state index contributed by atoms with van der Waals surface area (Å²) < 4.78 is 10.5. The van der Waals surface area contributed by atoms with Crippen LogP contribution in [-0.4, -0.2) is 30.5 Å². The second-order valence-corrected chi connectivity index (χ2v) is 6.99. The summed E-state index contributed by atoms with van der Waals surface area (Å²) in [6, 6.07) is 11.5. The van der Waals surface area contributed by atoms with Gasteiger partial charge in [-0.05, 0) is 55.3 Å². The summed E-state index contributed by atoms with van der Waals surface area (Å²) in [6.07, 6.45) is -0.0659. The minimum atomic E-state index is -1.06. The number of fused-ring (bicyclic) bond motifs is 1. The first-order valence-corrected chi connectivity index (χ1v) is 9.49. The van der Waals surface area contributed by atoms with Crippen LogP contribution in [0, 0.1) is 11.3 Å². The molecule has 0 fully saturated rings. The lowest BCUT2D eigenvalue weighted by Gasteiger charge is -2.18. The van der Waals surface area contributed by atoms with Crippen molar-refractivity contribution in [2.24, 2.45) is 0 Å². The molecular weight excluding hydrogens is 410 g/mol. The summed E-state index contributed by atoms with van der Waals surface area (Å²) in [7, 11) is 0. The Hall–Kier alpha value is -3.57. The molecule has 0 aliphatic carbocycles. The van der Waals surface area contributed by atoms with Crippen LogP contribution in [0.3, 0.4) is 0 Å². The van der Waals surface area contributed by atoms with Crippen molar-refractivity contribution >= 4 is 40.8 Å². The molecule has 0 saturated heterocycles. The molecule has 0 bridgehead atoms. The fourth-order valence-electron chi connectivity index (χ4n) is 2.80. The lowest BCUT2D eigenvalue weighted by molar-refractivity contribution is -0.155. The maximum absolute atomic E-state index is 12.2. The van der Waals surface area contributed by atoms with Crippen LogP contribution in [0.5, 0.6) is 5.75 Å². The van der Waals surface area contributed by atoms with Crippen LogP contribution in [0.25, 0.3) is 0 Å². The van der Waals surface area contributed by atoms with Gasteiger partial charge in [0.05, 0.1) is 10.6 Å². The van der Waals surface area contributed by atoms with Crippen molar-refractivity contribution in [2.75, 3.05) is 17.2 Å². The number of esters is 1. The quantitative estimate of drug-likeness (QED) is 0.684. The van der Waals surface area contributed by atoms with E-state index in [4.69, 9.17) is 26.3 Å². The Morgan fingerprint density at radius 3 is 2.80 bits per heavy atom. The summed E-state index contributed by atoms with van der Waals surface area (Å²) in [5.74, 6) is -0.823. The molecule has 1 aliphatic rings. The van der Waals surface area contributed by atoms with E-state index in [9.17, 15) is 14.4 Å². The zero-order valence-electron chi connectivity index (χ0n) is 16.0. The van der Waals surface area contributed by atoms with Gasteiger partial charge in [-0.1, -0.05) is 11.6 Å². The SMILES string of the molecule is CC(OC(=O)COc1ccc2c(c1)CCC(=O)N2)C(=O)Nc1ccc(C#N)c(Cl)c1. The number of ether oxygens (including phenoxy) is 2. The van der Waals surface area contributed by atoms with Crippen molar-refractivity contribution in [1.82, 2.24) is 0 Å². The number of halogens is 1. The highest BCUT2D eigenvalue weighted by molar-refractivity contribution is 6.32. The van der Waals surface area contributed by atoms with Crippen LogP contribution in [-0.2, 0) is 25.5 Å². The van der Waals surface area contributed by atoms with E-state index in [0.29, 0.717) is 24.3 Å². The molecule has 2 aromatic carbocycles. The van der Waals surface area contributed by atoms with Crippen LogP contribution < -0.4 is 15.4 Å². The zero-order chi connectivity index (χ0) is 21.7. The predicted octanol–water partition coefficient (Wildman–Crippen LogP) is 3.05. The van der Waals surface area contributed by atoms with Gasteiger partial charge in [0.25, 0.3) is 5.91 Å². The third-order valence-corrected chi connectivity index (χ3v) is 4.68.